The first-order valence-electron chi connectivity index (χ1n) is 6.80. The van der Waals surface area contributed by atoms with Crippen molar-refractivity contribution < 1.29 is 0 Å². The minimum Gasteiger partial charge on any atom is -0.252 e. The molecule has 1 nitrogen and oxygen atoms in total. The summed E-state index contributed by atoms with van der Waals surface area (Å²) in [4.78, 5) is 4.86. The number of aromatic nitrogens is 1. The molecule has 0 radical (unpaired) electrons. The number of fused-ring (bicyclic) bond motifs is 1. The maximum Gasteiger partial charge on any atom is 0.0705 e. The van der Waals surface area contributed by atoms with Crippen LogP contribution in [-0.2, 0) is 0 Å². The first kappa shape index (κ1) is 12.2. The van der Waals surface area contributed by atoms with Crippen LogP contribution in [0.5, 0.6) is 0 Å². The van der Waals surface area contributed by atoms with Crippen LogP contribution in [0.15, 0.2) is 58.7 Å². The van der Waals surface area contributed by atoms with E-state index in [0.29, 0.717) is 5.92 Å². The van der Waals surface area contributed by atoms with E-state index in [1.54, 1.807) is 0 Å². The molecular formula is C18H19N. The van der Waals surface area contributed by atoms with Crippen LogP contribution in [0.3, 0.4) is 0 Å². The lowest BCUT2D eigenvalue weighted by Crippen LogP contribution is -2.02. The lowest BCUT2D eigenvalue weighted by molar-refractivity contribution is 0.895. The maximum absolute atomic E-state index is 4.86. The minimum atomic E-state index is 0.365. The summed E-state index contributed by atoms with van der Waals surface area (Å²) < 4.78 is 0. The predicted octanol–water partition coefficient (Wildman–Crippen LogP) is 5.00. The Kier molecular flexibility index (Phi) is 2.78. The highest BCUT2D eigenvalue weighted by Crippen LogP contribution is 2.42. The van der Waals surface area contributed by atoms with Crippen molar-refractivity contribution in [1.29, 1.82) is 0 Å². The van der Waals surface area contributed by atoms with Gasteiger partial charge in [-0.2, -0.15) is 0 Å². The molecule has 0 aliphatic heterocycles. The number of rotatable bonds is 1. The van der Waals surface area contributed by atoms with Crippen LogP contribution >= 0.6 is 0 Å². The SMILES string of the molecule is CC1=C(C)C(c2ccc3ccccc3n2)C(C)=C1C. The number of hydrogen-bond donors (Lipinski definition) is 0. The molecule has 2 aromatic rings. The molecule has 96 valence electrons. The topological polar surface area (TPSA) is 12.9 Å². The molecule has 0 N–H and O–H groups in total. The Bertz CT molecular complexity index is 695. The quantitative estimate of drug-likeness (QED) is 0.692. The lowest BCUT2D eigenvalue weighted by atomic mass is 9.92. The summed E-state index contributed by atoms with van der Waals surface area (Å²) in [6.45, 7) is 8.90. The second kappa shape index (κ2) is 4.34. The van der Waals surface area contributed by atoms with E-state index in [1.165, 1.54) is 33.4 Å². The Morgan fingerprint density at radius 1 is 0.789 bits per heavy atom. The van der Waals surface area contributed by atoms with Gasteiger partial charge in [0, 0.05) is 11.3 Å². The highest BCUT2D eigenvalue weighted by molar-refractivity contribution is 5.78. The van der Waals surface area contributed by atoms with Gasteiger partial charge in [-0.25, -0.2) is 0 Å². The van der Waals surface area contributed by atoms with Crippen molar-refractivity contribution in [2.75, 3.05) is 0 Å². The Hall–Kier alpha value is -1.89. The molecule has 0 bridgehead atoms. The van der Waals surface area contributed by atoms with Gasteiger partial charge in [0.1, 0.15) is 0 Å². The van der Waals surface area contributed by atoms with E-state index in [0.717, 1.165) is 5.52 Å². The maximum atomic E-state index is 4.86. The van der Waals surface area contributed by atoms with Gasteiger partial charge in [-0.15, -0.1) is 0 Å². The number of allylic oxidation sites excluding steroid dienone is 4. The molecule has 0 atom stereocenters. The van der Waals surface area contributed by atoms with Crippen molar-refractivity contribution in [3.8, 4) is 0 Å². The van der Waals surface area contributed by atoms with Crippen molar-refractivity contribution in [2.24, 2.45) is 0 Å². The Morgan fingerprint density at radius 2 is 1.42 bits per heavy atom. The average molecular weight is 249 g/mol. The van der Waals surface area contributed by atoms with Crippen LogP contribution in [0, 0.1) is 0 Å². The molecule has 0 unspecified atom stereocenters. The van der Waals surface area contributed by atoms with E-state index in [1.807, 2.05) is 0 Å². The van der Waals surface area contributed by atoms with Crippen molar-refractivity contribution in [1.82, 2.24) is 4.98 Å². The van der Waals surface area contributed by atoms with Crippen LogP contribution in [0.4, 0.5) is 0 Å². The van der Waals surface area contributed by atoms with E-state index in [4.69, 9.17) is 4.98 Å². The molecule has 0 saturated carbocycles. The second-order valence-corrected chi connectivity index (χ2v) is 5.48. The predicted molar refractivity (Wildman–Crippen MR) is 81.2 cm³/mol. The van der Waals surface area contributed by atoms with Gasteiger partial charge < -0.3 is 0 Å². The fourth-order valence-electron chi connectivity index (χ4n) is 3.04. The van der Waals surface area contributed by atoms with Gasteiger partial charge in [0.15, 0.2) is 0 Å². The summed E-state index contributed by atoms with van der Waals surface area (Å²) in [6.07, 6.45) is 0. The van der Waals surface area contributed by atoms with Crippen molar-refractivity contribution in [3.05, 3.63) is 64.4 Å². The third kappa shape index (κ3) is 1.81. The molecule has 1 heterocycles. The smallest absolute Gasteiger partial charge is 0.0705 e. The van der Waals surface area contributed by atoms with Crippen LogP contribution in [-0.4, -0.2) is 4.98 Å². The Labute approximate surface area is 114 Å². The van der Waals surface area contributed by atoms with Crippen LogP contribution in [0.25, 0.3) is 10.9 Å². The van der Waals surface area contributed by atoms with E-state index in [9.17, 15) is 0 Å². The molecule has 1 aliphatic carbocycles. The molecule has 1 heteroatoms. The average Bonchev–Trinajstić information content (AvgIpc) is 2.63. The monoisotopic (exact) mass is 249 g/mol. The van der Waals surface area contributed by atoms with Crippen LogP contribution in [0.2, 0.25) is 0 Å². The summed E-state index contributed by atoms with van der Waals surface area (Å²) >= 11 is 0. The van der Waals surface area contributed by atoms with Gasteiger partial charge in [-0.05, 0) is 51.0 Å². The van der Waals surface area contributed by atoms with Crippen molar-refractivity contribution in [2.45, 2.75) is 33.6 Å². The fraction of sp³-hybridized carbons (Fsp3) is 0.278. The highest BCUT2D eigenvalue weighted by Gasteiger charge is 2.26. The van der Waals surface area contributed by atoms with Crippen LogP contribution < -0.4 is 0 Å². The molecule has 0 fully saturated rings. The summed E-state index contributed by atoms with van der Waals surface area (Å²) in [5.41, 5.74) is 8.00. The summed E-state index contributed by atoms with van der Waals surface area (Å²) in [6, 6.07) is 12.7. The van der Waals surface area contributed by atoms with Gasteiger partial charge in [0.25, 0.3) is 0 Å². The Morgan fingerprint density at radius 3 is 2.11 bits per heavy atom. The molecule has 0 saturated heterocycles. The molecule has 0 amide bonds. The first-order chi connectivity index (χ1) is 9.09. The molecular weight excluding hydrogens is 230 g/mol. The van der Waals surface area contributed by atoms with Gasteiger partial charge in [-0.1, -0.05) is 35.4 Å². The summed E-state index contributed by atoms with van der Waals surface area (Å²) in [5, 5.41) is 1.21. The summed E-state index contributed by atoms with van der Waals surface area (Å²) in [7, 11) is 0. The lowest BCUT2D eigenvalue weighted by Gasteiger charge is -2.15. The zero-order valence-electron chi connectivity index (χ0n) is 12.0. The molecule has 1 aromatic carbocycles. The van der Waals surface area contributed by atoms with Gasteiger partial charge in [0.2, 0.25) is 0 Å². The number of benzene rings is 1. The number of hydrogen-bond acceptors (Lipinski definition) is 1. The Balaban J connectivity index is 2.16. The summed E-state index contributed by atoms with van der Waals surface area (Å²) in [5.74, 6) is 0.365. The number of para-hydroxylation sites is 1. The van der Waals surface area contributed by atoms with E-state index in [2.05, 4.69) is 64.1 Å². The molecule has 1 aromatic heterocycles. The largest absolute Gasteiger partial charge is 0.252 e. The van der Waals surface area contributed by atoms with Gasteiger partial charge >= 0.3 is 0 Å². The van der Waals surface area contributed by atoms with Crippen molar-refractivity contribution >= 4 is 10.9 Å². The second-order valence-electron chi connectivity index (χ2n) is 5.48. The standard InChI is InChI=1S/C18H19N/c1-11-12(2)14(4)18(13(11)3)17-10-9-15-7-5-6-8-16(15)19-17/h5-10,18H,1-4H3. The molecule has 1 aliphatic rings. The third-order valence-corrected chi connectivity index (χ3v) is 4.53. The highest BCUT2D eigenvalue weighted by atomic mass is 14.7. The van der Waals surface area contributed by atoms with Gasteiger partial charge in [-0.3, -0.25) is 4.98 Å². The van der Waals surface area contributed by atoms with Crippen molar-refractivity contribution in [3.63, 3.8) is 0 Å². The minimum absolute atomic E-state index is 0.365. The normalized spacial score (nSPS) is 16.8. The van der Waals surface area contributed by atoms with Gasteiger partial charge in [0.05, 0.1) is 11.2 Å². The van der Waals surface area contributed by atoms with E-state index < -0.39 is 0 Å². The van der Waals surface area contributed by atoms with E-state index >= 15 is 0 Å². The third-order valence-electron chi connectivity index (χ3n) is 4.53. The molecule has 3 rings (SSSR count). The molecule has 19 heavy (non-hydrogen) atoms. The zero-order valence-corrected chi connectivity index (χ0v) is 12.0. The van der Waals surface area contributed by atoms with Crippen LogP contribution in [0.1, 0.15) is 39.3 Å². The number of nitrogens with zero attached hydrogens (tertiary/aromatic N) is 1. The number of pyridine rings is 1. The van der Waals surface area contributed by atoms with E-state index in [-0.39, 0.29) is 0 Å². The zero-order chi connectivity index (χ0) is 13.6. The first-order valence-corrected chi connectivity index (χ1v) is 6.80. The molecule has 0 spiro atoms. The fourth-order valence-corrected chi connectivity index (χ4v) is 3.04.